The van der Waals surface area contributed by atoms with Crippen LogP contribution in [0.15, 0.2) is 66.7 Å². The van der Waals surface area contributed by atoms with Crippen molar-refractivity contribution in [3.8, 4) is 21.8 Å². The summed E-state index contributed by atoms with van der Waals surface area (Å²) >= 11 is 7.02. The first-order valence-corrected chi connectivity index (χ1v) is 10.5. The number of benzene rings is 2. The Morgan fingerprint density at radius 3 is 2.48 bits per heavy atom. The van der Waals surface area contributed by atoms with E-state index >= 15 is 0 Å². The largest absolute Gasteiger partial charge is 0.376 e. The van der Waals surface area contributed by atoms with Gasteiger partial charge in [0, 0.05) is 22.3 Å². The standard InChI is InChI=1S/C22H17ClN4O3S/c1-14-2-8-17(9-3-14)24-13-21(28)26-19(15-4-6-16(23)7-5-15)12-18(25-26)20-10-11-22(31-20)27(29)30/h2-12,24H,13H2,1H3. The van der Waals surface area contributed by atoms with Crippen molar-refractivity contribution in [2.75, 3.05) is 11.9 Å². The van der Waals surface area contributed by atoms with Crippen molar-refractivity contribution in [3.05, 3.63) is 87.4 Å². The average molecular weight is 453 g/mol. The number of carbonyl (C=O) groups excluding carboxylic acids is 1. The van der Waals surface area contributed by atoms with E-state index in [1.165, 1.54) is 10.7 Å². The molecule has 0 aliphatic heterocycles. The summed E-state index contributed by atoms with van der Waals surface area (Å²) in [4.78, 5) is 24.2. The van der Waals surface area contributed by atoms with Gasteiger partial charge < -0.3 is 5.32 Å². The predicted molar refractivity (Wildman–Crippen MR) is 123 cm³/mol. The second-order valence-corrected chi connectivity index (χ2v) is 8.34. The summed E-state index contributed by atoms with van der Waals surface area (Å²) in [5.41, 5.74) is 3.79. The molecule has 2 aromatic heterocycles. The van der Waals surface area contributed by atoms with Gasteiger partial charge in [0.15, 0.2) is 0 Å². The van der Waals surface area contributed by atoms with Crippen LogP contribution in [0.2, 0.25) is 5.02 Å². The quantitative estimate of drug-likeness (QED) is 0.290. The van der Waals surface area contributed by atoms with Crippen molar-refractivity contribution in [2.24, 2.45) is 0 Å². The van der Waals surface area contributed by atoms with Gasteiger partial charge in [0.05, 0.1) is 22.0 Å². The molecule has 0 spiro atoms. The van der Waals surface area contributed by atoms with Crippen molar-refractivity contribution in [1.82, 2.24) is 9.78 Å². The van der Waals surface area contributed by atoms with Gasteiger partial charge in [0.2, 0.25) is 0 Å². The number of aromatic nitrogens is 2. The highest BCUT2D eigenvalue weighted by atomic mass is 35.5. The fraction of sp³-hybridized carbons (Fsp3) is 0.0909. The van der Waals surface area contributed by atoms with Gasteiger partial charge in [-0.05, 0) is 43.3 Å². The molecule has 0 radical (unpaired) electrons. The van der Waals surface area contributed by atoms with Gasteiger partial charge in [-0.3, -0.25) is 14.9 Å². The molecule has 156 valence electrons. The van der Waals surface area contributed by atoms with Gasteiger partial charge in [-0.2, -0.15) is 9.78 Å². The fourth-order valence-corrected chi connectivity index (χ4v) is 3.91. The lowest BCUT2D eigenvalue weighted by Gasteiger charge is -2.09. The molecule has 0 unspecified atom stereocenters. The minimum Gasteiger partial charge on any atom is -0.376 e. The van der Waals surface area contributed by atoms with Crippen LogP contribution in [0.3, 0.4) is 0 Å². The van der Waals surface area contributed by atoms with Gasteiger partial charge >= 0.3 is 5.00 Å². The summed E-state index contributed by atoms with van der Waals surface area (Å²) in [7, 11) is 0. The van der Waals surface area contributed by atoms with Crippen LogP contribution in [0.5, 0.6) is 0 Å². The Hall–Kier alpha value is -3.49. The molecular formula is C22H17ClN4O3S. The molecule has 2 heterocycles. The van der Waals surface area contributed by atoms with E-state index < -0.39 is 4.92 Å². The fourth-order valence-electron chi connectivity index (χ4n) is 3.01. The van der Waals surface area contributed by atoms with Gasteiger partial charge in [0.25, 0.3) is 5.91 Å². The molecule has 9 heteroatoms. The number of nitro groups is 1. The summed E-state index contributed by atoms with van der Waals surface area (Å²) in [6.07, 6.45) is 0. The van der Waals surface area contributed by atoms with Crippen molar-refractivity contribution >= 4 is 39.5 Å². The minimum absolute atomic E-state index is 0.0185. The first-order chi connectivity index (χ1) is 14.9. The molecule has 0 fully saturated rings. The minimum atomic E-state index is -0.443. The molecular weight excluding hydrogens is 436 g/mol. The SMILES string of the molecule is Cc1ccc(NCC(=O)n2nc(-c3ccc([N+](=O)[O-])s3)cc2-c2ccc(Cl)cc2)cc1. The maximum Gasteiger partial charge on any atom is 0.324 e. The zero-order valence-electron chi connectivity index (χ0n) is 16.4. The number of nitrogens with zero attached hydrogens (tertiary/aromatic N) is 3. The average Bonchev–Trinajstić information content (AvgIpc) is 3.41. The Balaban J connectivity index is 1.67. The molecule has 0 saturated heterocycles. The van der Waals surface area contributed by atoms with Crippen molar-refractivity contribution in [2.45, 2.75) is 6.92 Å². The normalized spacial score (nSPS) is 10.8. The molecule has 31 heavy (non-hydrogen) atoms. The number of halogens is 1. The van der Waals surface area contributed by atoms with Crippen LogP contribution in [-0.2, 0) is 0 Å². The molecule has 7 nitrogen and oxygen atoms in total. The second-order valence-electron chi connectivity index (χ2n) is 6.84. The van der Waals surface area contributed by atoms with Crippen molar-refractivity contribution < 1.29 is 9.72 Å². The summed E-state index contributed by atoms with van der Waals surface area (Å²) in [6, 6.07) is 19.6. The number of rotatable bonds is 6. The van der Waals surface area contributed by atoms with Crippen LogP contribution in [-0.4, -0.2) is 27.2 Å². The van der Waals surface area contributed by atoms with Crippen LogP contribution < -0.4 is 5.32 Å². The summed E-state index contributed by atoms with van der Waals surface area (Å²) in [5.74, 6) is -0.261. The first-order valence-electron chi connectivity index (χ1n) is 9.35. The van der Waals surface area contributed by atoms with E-state index in [2.05, 4.69) is 10.4 Å². The summed E-state index contributed by atoms with van der Waals surface area (Å²) < 4.78 is 1.32. The van der Waals surface area contributed by atoms with Crippen molar-refractivity contribution in [3.63, 3.8) is 0 Å². The van der Waals surface area contributed by atoms with Gasteiger partial charge in [-0.25, -0.2) is 0 Å². The number of anilines is 1. The smallest absolute Gasteiger partial charge is 0.324 e. The predicted octanol–water partition coefficient (Wildman–Crippen LogP) is 5.90. The Morgan fingerprint density at radius 1 is 1.13 bits per heavy atom. The van der Waals surface area contributed by atoms with Crippen LogP contribution in [0, 0.1) is 17.0 Å². The maximum absolute atomic E-state index is 13.0. The lowest BCUT2D eigenvalue weighted by molar-refractivity contribution is -0.380. The third-order valence-electron chi connectivity index (χ3n) is 4.61. The zero-order valence-corrected chi connectivity index (χ0v) is 18.0. The Morgan fingerprint density at radius 2 is 1.84 bits per heavy atom. The maximum atomic E-state index is 13.0. The molecule has 0 aliphatic rings. The van der Waals surface area contributed by atoms with Crippen LogP contribution in [0.25, 0.3) is 21.8 Å². The molecule has 0 amide bonds. The molecule has 0 saturated carbocycles. The molecule has 1 N–H and O–H groups in total. The van der Waals surface area contributed by atoms with Crippen LogP contribution in [0.4, 0.5) is 10.7 Å². The molecule has 4 rings (SSSR count). The van der Waals surface area contributed by atoms with E-state index in [1.807, 2.05) is 31.2 Å². The third-order valence-corrected chi connectivity index (χ3v) is 5.92. The Kier molecular flexibility index (Phi) is 5.83. The molecule has 2 aromatic carbocycles. The highest BCUT2D eigenvalue weighted by Gasteiger charge is 2.19. The number of thiophene rings is 1. The molecule has 0 atom stereocenters. The topological polar surface area (TPSA) is 90.1 Å². The van der Waals surface area contributed by atoms with Gasteiger partial charge in [-0.1, -0.05) is 52.8 Å². The first kappa shape index (κ1) is 20.8. The van der Waals surface area contributed by atoms with Crippen molar-refractivity contribution in [1.29, 1.82) is 0 Å². The zero-order chi connectivity index (χ0) is 22.0. The van der Waals surface area contributed by atoms with E-state index in [0.29, 0.717) is 21.3 Å². The number of carbonyl (C=O) groups is 1. The number of hydrogen-bond acceptors (Lipinski definition) is 6. The highest BCUT2D eigenvalue weighted by Crippen LogP contribution is 2.34. The lowest BCUT2D eigenvalue weighted by Crippen LogP contribution is -2.22. The van der Waals surface area contributed by atoms with Crippen LogP contribution in [0.1, 0.15) is 10.4 Å². The van der Waals surface area contributed by atoms with E-state index in [9.17, 15) is 14.9 Å². The van der Waals surface area contributed by atoms with Gasteiger partial charge in [0.1, 0.15) is 5.69 Å². The number of aryl methyl sites for hydroxylation is 1. The van der Waals surface area contributed by atoms with E-state index in [4.69, 9.17) is 11.6 Å². The van der Waals surface area contributed by atoms with Crippen LogP contribution >= 0.6 is 22.9 Å². The Labute approximate surface area is 187 Å². The third kappa shape index (κ3) is 4.65. The lowest BCUT2D eigenvalue weighted by atomic mass is 10.1. The van der Waals surface area contributed by atoms with E-state index in [0.717, 1.165) is 28.2 Å². The molecule has 0 aliphatic carbocycles. The molecule has 4 aromatic rings. The van der Waals surface area contributed by atoms with E-state index in [1.54, 1.807) is 36.4 Å². The van der Waals surface area contributed by atoms with Gasteiger partial charge in [-0.15, -0.1) is 0 Å². The summed E-state index contributed by atoms with van der Waals surface area (Å²) in [5, 5.41) is 19.2. The Bertz CT molecular complexity index is 1250. The monoisotopic (exact) mass is 452 g/mol. The van der Waals surface area contributed by atoms with E-state index in [-0.39, 0.29) is 17.5 Å². The summed E-state index contributed by atoms with van der Waals surface area (Å²) in [6.45, 7) is 2.03. The highest BCUT2D eigenvalue weighted by molar-refractivity contribution is 7.18. The molecule has 0 bridgehead atoms. The number of hydrogen-bond donors (Lipinski definition) is 1. The second kappa shape index (κ2) is 8.71. The number of nitrogens with one attached hydrogen (secondary N) is 1.